The number of aryl methyl sites for hydroxylation is 2. The number of benzene rings is 2. The van der Waals surface area contributed by atoms with E-state index in [4.69, 9.17) is 4.98 Å². The van der Waals surface area contributed by atoms with E-state index in [1.807, 2.05) is 13.0 Å². The summed E-state index contributed by atoms with van der Waals surface area (Å²) in [7, 11) is 0. The van der Waals surface area contributed by atoms with Crippen LogP contribution in [0.15, 0.2) is 59.8 Å². The summed E-state index contributed by atoms with van der Waals surface area (Å²) >= 11 is 1.61. The number of aromatic nitrogens is 2. The maximum atomic E-state index is 13.2. The van der Waals surface area contributed by atoms with Crippen LogP contribution in [-0.2, 0) is 17.8 Å². The van der Waals surface area contributed by atoms with Gasteiger partial charge in [-0.25, -0.2) is 4.98 Å². The standard InChI is InChI=1S/C25H31N3OS/c1-3-21-13-9-10-17-27(21)24(29)19(2)30-25-26-22-14-7-8-15-23(22)28(25)18-16-20-11-5-4-6-12-20/h4-8,11-12,14-15,19,21H,3,9-10,13,16-18H2,1-2H3/t19-,21+/m1/s1. The van der Waals surface area contributed by atoms with Crippen molar-refractivity contribution >= 4 is 28.7 Å². The minimum atomic E-state index is -0.135. The molecule has 1 aromatic heterocycles. The molecule has 1 amide bonds. The maximum Gasteiger partial charge on any atom is 0.236 e. The summed E-state index contributed by atoms with van der Waals surface area (Å²) in [4.78, 5) is 20.3. The van der Waals surface area contributed by atoms with E-state index in [1.165, 1.54) is 12.0 Å². The quantitative estimate of drug-likeness (QED) is 0.469. The van der Waals surface area contributed by atoms with Gasteiger partial charge in [-0.2, -0.15) is 0 Å². The van der Waals surface area contributed by atoms with Gasteiger partial charge in [-0.3, -0.25) is 4.79 Å². The number of carbonyl (C=O) groups excluding carboxylic acids is 1. The van der Waals surface area contributed by atoms with Crippen LogP contribution in [0.3, 0.4) is 0 Å². The average molecular weight is 422 g/mol. The summed E-state index contributed by atoms with van der Waals surface area (Å²) < 4.78 is 2.28. The fourth-order valence-electron chi connectivity index (χ4n) is 4.40. The number of amides is 1. The molecule has 1 fully saturated rings. The highest BCUT2D eigenvalue weighted by molar-refractivity contribution is 8.00. The Bertz CT molecular complexity index is 984. The highest BCUT2D eigenvalue weighted by Gasteiger charge is 2.30. The van der Waals surface area contributed by atoms with Gasteiger partial charge < -0.3 is 9.47 Å². The number of hydrogen-bond donors (Lipinski definition) is 0. The molecule has 0 spiro atoms. The Kier molecular flexibility index (Phi) is 6.78. The molecule has 30 heavy (non-hydrogen) atoms. The summed E-state index contributed by atoms with van der Waals surface area (Å²) in [6.45, 7) is 5.98. The highest BCUT2D eigenvalue weighted by atomic mass is 32.2. The number of para-hydroxylation sites is 2. The van der Waals surface area contributed by atoms with Crippen molar-refractivity contribution in [2.75, 3.05) is 6.54 Å². The zero-order valence-electron chi connectivity index (χ0n) is 18.0. The van der Waals surface area contributed by atoms with Gasteiger partial charge in [0.05, 0.1) is 16.3 Å². The second-order valence-electron chi connectivity index (χ2n) is 8.12. The molecule has 2 atom stereocenters. The molecular weight excluding hydrogens is 390 g/mol. The summed E-state index contributed by atoms with van der Waals surface area (Å²) in [5, 5.41) is 0.808. The molecule has 0 radical (unpaired) electrons. The number of carbonyl (C=O) groups is 1. The molecule has 4 rings (SSSR count). The van der Waals surface area contributed by atoms with E-state index in [9.17, 15) is 4.79 Å². The Morgan fingerprint density at radius 3 is 2.70 bits per heavy atom. The Morgan fingerprint density at radius 1 is 1.13 bits per heavy atom. The van der Waals surface area contributed by atoms with Crippen LogP contribution in [0.25, 0.3) is 11.0 Å². The van der Waals surface area contributed by atoms with E-state index >= 15 is 0 Å². The van der Waals surface area contributed by atoms with Crippen LogP contribution in [0.4, 0.5) is 0 Å². The molecule has 0 saturated carbocycles. The van der Waals surface area contributed by atoms with Crippen LogP contribution in [0.1, 0.15) is 45.1 Å². The Hall–Kier alpha value is -2.27. The average Bonchev–Trinajstić information content (AvgIpc) is 3.14. The SMILES string of the molecule is CC[C@H]1CCCCN1C(=O)[C@@H](C)Sc1nc2ccccc2n1CCc1ccccc1. The topological polar surface area (TPSA) is 38.1 Å². The Balaban J connectivity index is 1.54. The second-order valence-corrected chi connectivity index (χ2v) is 9.43. The highest BCUT2D eigenvalue weighted by Crippen LogP contribution is 2.30. The lowest BCUT2D eigenvalue weighted by molar-refractivity contribution is -0.134. The normalized spacial score (nSPS) is 17.9. The lowest BCUT2D eigenvalue weighted by Gasteiger charge is -2.36. The molecule has 2 heterocycles. The van der Waals surface area contributed by atoms with Crippen molar-refractivity contribution < 1.29 is 4.79 Å². The molecule has 1 saturated heterocycles. The molecule has 0 aliphatic carbocycles. The van der Waals surface area contributed by atoms with Crippen LogP contribution in [0, 0.1) is 0 Å². The monoisotopic (exact) mass is 421 g/mol. The number of likely N-dealkylation sites (tertiary alicyclic amines) is 1. The Morgan fingerprint density at radius 2 is 1.90 bits per heavy atom. The van der Waals surface area contributed by atoms with Crippen LogP contribution < -0.4 is 0 Å². The number of nitrogens with zero attached hydrogens (tertiary/aromatic N) is 3. The number of piperidine rings is 1. The predicted molar refractivity (Wildman–Crippen MR) is 125 cm³/mol. The van der Waals surface area contributed by atoms with E-state index in [1.54, 1.807) is 11.8 Å². The van der Waals surface area contributed by atoms with E-state index in [0.717, 1.165) is 55.0 Å². The number of fused-ring (bicyclic) bond motifs is 1. The van der Waals surface area contributed by atoms with Crippen molar-refractivity contribution in [1.29, 1.82) is 0 Å². The number of rotatable bonds is 7. The molecule has 0 N–H and O–H groups in total. The summed E-state index contributed by atoms with van der Waals surface area (Å²) in [6.07, 6.45) is 5.48. The lowest BCUT2D eigenvalue weighted by Crippen LogP contribution is -2.46. The van der Waals surface area contributed by atoms with Gasteiger partial charge in [-0.05, 0) is 56.7 Å². The van der Waals surface area contributed by atoms with Gasteiger partial charge in [-0.1, -0.05) is 61.2 Å². The first-order valence-electron chi connectivity index (χ1n) is 11.1. The largest absolute Gasteiger partial charge is 0.339 e. The molecule has 2 aromatic carbocycles. The third-order valence-corrected chi connectivity index (χ3v) is 7.18. The van der Waals surface area contributed by atoms with E-state index in [0.29, 0.717) is 6.04 Å². The fourth-order valence-corrected chi connectivity index (χ4v) is 5.42. The molecule has 1 aliphatic heterocycles. The fraction of sp³-hybridized carbons (Fsp3) is 0.440. The van der Waals surface area contributed by atoms with Crippen LogP contribution in [0.5, 0.6) is 0 Å². The smallest absolute Gasteiger partial charge is 0.236 e. The summed E-state index contributed by atoms with van der Waals surface area (Å²) in [6, 6.07) is 19.2. The van der Waals surface area contributed by atoms with Crippen LogP contribution >= 0.6 is 11.8 Å². The molecule has 0 unspecified atom stereocenters. The number of hydrogen-bond acceptors (Lipinski definition) is 3. The van der Waals surface area contributed by atoms with E-state index < -0.39 is 0 Å². The number of imidazole rings is 1. The van der Waals surface area contributed by atoms with Gasteiger partial charge in [-0.15, -0.1) is 0 Å². The molecule has 0 bridgehead atoms. The van der Waals surface area contributed by atoms with Crippen molar-refractivity contribution in [3.05, 3.63) is 60.2 Å². The van der Waals surface area contributed by atoms with E-state index in [2.05, 4.69) is 64.9 Å². The first kappa shape index (κ1) is 21.0. The van der Waals surface area contributed by atoms with Gasteiger partial charge in [0, 0.05) is 19.1 Å². The minimum Gasteiger partial charge on any atom is -0.339 e. The third kappa shape index (κ3) is 4.56. The maximum absolute atomic E-state index is 13.2. The molecule has 1 aliphatic rings. The second kappa shape index (κ2) is 9.69. The van der Waals surface area contributed by atoms with Crippen molar-refractivity contribution in [2.24, 2.45) is 0 Å². The predicted octanol–water partition coefficient (Wildman–Crippen LogP) is 5.55. The third-order valence-electron chi connectivity index (χ3n) is 6.10. The van der Waals surface area contributed by atoms with Crippen LogP contribution in [0.2, 0.25) is 0 Å². The molecule has 4 nitrogen and oxygen atoms in total. The first-order valence-corrected chi connectivity index (χ1v) is 12.0. The van der Waals surface area contributed by atoms with Gasteiger partial charge in [0.25, 0.3) is 0 Å². The van der Waals surface area contributed by atoms with Gasteiger partial charge in [0.1, 0.15) is 0 Å². The Labute approximate surface area is 183 Å². The zero-order chi connectivity index (χ0) is 20.9. The molecule has 3 aromatic rings. The van der Waals surface area contributed by atoms with Crippen molar-refractivity contribution in [2.45, 2.75) is 68.9 Å². The van der Waals surface area contributed by atoms with Gasteiger partial charge in [0.15, 0.2) is 5.16 Å². The van der Waals surface area contributed by atoms with Crippen LogP contribution in [-0.4, -0.2) is 38.2 Å². The van der Waals surface area contributed by atoms with Gasteiger partial charge in [0.2, 0.25) is 5.91 Å². The first-order chi connectivity index (χ1) is 14.7. The van der Waals surface area contributed by atoms with Crippen molar-refractivity contribution in [3.63, 3.8) is 0 Å². The zero-order valence-corrected chi connectivity index (χ0v) is 18.8. The molecule has 5 heteroatoms. The molecular formula is C25H31N3OS. The minimum absolute atomic E-state index is 0.135. The van der Waals surface area contributed by atoms with E-state index in [-0.39, 0.29) is 11.2 Å². The molecule has 158 valence electrons. The van der Waals surface area contributed by atoms with Gasteiger partial charge >= 0.3 is 0 Å². The summed E-state index contributed by atoms with van der Waals surface area (Å²) in [5.74, 6) is 0.258. The summed E-state index contributed by atoms with van der Waals surface area (Å²) in [5.41, 5.74) is 3.45. The number of thioether (sulfide) groups is 1. The van der Waals surface area contributed by atoms with Crippen molar-refractivity contribution in [3.8, 4) is 0 Å². The van der Waals surface area contributed by atoms with Crippen molar-refractivity contribution in [1.82, 2.24) is 14.5 Å². The lowest BCUT2D eigenvalue weighted by atomic mass is 10.00.